The number of ether oxygens (including phenoxy) is 1. The third-order valence-corrected chi connectivity index (χ3v) is 18.4. The van der Waals surface area contributed by atoms with Gasteiger partial charge in [-0.3, -0.25) is 4.57 Å². The van der Waals surface area contributed by atoms with Gasteiger partial charge in [0.15, 0.2) is 28.5 Å². The maximum Gasteiger partial charge on any atom is 0.351 e. The zero-order valence-corrected chi connectivity index (χ0v) is 27.2. The van der Waals surface area contributed by atoms with E-state index in [-0.39, 0.29) is 22.4 Å². The second kappa shape index (κ2) is 9.82. The molecule has 1 fully saturated rings. The SMILES string of the molecule is CNc1ccn(C2OC(CO[Si](C)(C)C(C)(C)C)C3(OS(=O)(=O)C=C3N)C2O[Si](C)(C)C(C)(C)C)c(=O)n1. The van der Waals surface area contributed by atoms with Crippen LogP contribution in [0.25, 0.3) is 0 Å². The summed E-state index contributed by atoms with van der Waals surface area (Å²) in [6, 6.07) is 1.63. The van der Waals surface area contributed by atoms with Gasteiger partial charge in [-0.05, 0) is 42.3 Å². The van der Waals surface area contributed by atoms with Gasteiger partial charge in [-0.1, -0.05) is 41.5 Å². The Morgan fingerprint density at radius 1 is 1.13 bits per heavy atom. The van der Waals surface area contributed by atoms with Crippen LogP contribution in [0.1, 0.15) is 47.8 Å². The zero-order valence-electron chi connectivity index (χ0n) is 24.4. The van der Waals surface area contributed by atoms with Crippen molar-refractivity contribution in [2.24, 2.45) is 5.73 Å². The van der Waals surface area contributed by atoms with E-state index in [1.54, 1.807) is 19.3 Å². The van der Waals surface area contributed by atoms with Gasteiger partial charge in [-0.25, -0.2) is 8.98 Å². The van der Waals surface area contributed by atoms with Gasteiger partial charge in [-0.2, -0.15) is 13.4 Å². The summed E-state index contributed by atoms with van der Waals surface area (Å²) in [4.78, 5) is 17.2. The summed E-state index contributed by atoms with van der Waals surface area (Å²) in [7, 11) is -7.36. The number of anilines is 1. The highest BCUT2D eigenvalue weighted by molar-refractivity contribution is 7.90. The van der Waals surface area contributed by atoms with Crippen molar-refractivity contribution in [3.63, 3.8) is 0 Å². The molecule has 0 aromatic carbocycles. The van der Waals surface area contributed by atoms with Gasteiger partial charge in [0.1, 0.15) is 18.0 Å². The Labute approximate surface area is 228 Å². The van der Waals surface area contributed by atoms with Crippen molar-refractivity contribution in [3.8, 4) is 0 Å². The predicted molar refractivity (Wildman–Crippen MR) is 152 cm³/mol. The first-order valence-electron chi connectivity index (χ1n) is 12.8. The van der Waals surface area contributed by atoms with Crippen LogP contribution < -0.4 is 16.7 Å². The number of nitrogens with zero attached hydrogens (tertiary/aromatic N) is 2. The summed E-state index contributed by atoms with van der Waals surface area (Å²) in [6.07, 6.45) is -1.56. The fraction of sp³-hybridized carbons (Fsp3) is 0.750. The van der Waals surface area contributed by atoms with Crippen molar-refractivity contribution in [3.05, 3.63) is 33.9 Å². The van der Waals surface area contributed by atoms with Crippen LogP contribution in [-0.2, 0) is 27.9 Å². The van der Waals surface area contributed by atoms with Crippen molar-refractivity contribution >= 4 is 32.6 Å². The summed E-state index contributed by atoms with van der Waals surface area (Å²) in [5, 5.41) is 3.40. The fourth-order valence-electron chi connectivity index (χ4n) is 3.96. The number of rotatable bonds is 7. The molecule has 38 heavy (non-hydrogen) atoms. The zero-order chi connectivity index (χ0) is 29.1. The summed E-state index contributed by atoms with van der Waals surface area (Å²) in [6.45, 7) is 20.8. The standard InChI is InChI=1S/C24H44N4O7SSi2/c1-22(2,3)37(8,9)32-14-17-24(16(25)15-36(30,31)35-24)19(34-38(10,11)23(4,5)6)20(33-17)28-13-12-18(26-7)27-21(28)29/h12-13,15,17,19-20H,14,25H2,1-11H3,(H,26,27,29). The van der Waals surface area contributed by atoms with Crippen LogP contribution >= 0.6 is 0 Å². The minimum absolute atomic E-state index is 0.00515. The van der Waals surface area contributed by atoms with E-state index in [0.29, 0.717) is 5.82 Å². The van der Waals surface area contributed by atoms with Gasteiger partial charge in [0.05, 0.1) is 17.7 Å². The van der Waals surface area contributed by atoms with E-state index in [0.717, 1.165) is 5.41 Å². The van der Waals surface area contributed by atoms with Crippen LogP contribution in [0.3, 0.4) is 0 Å². The molecule has 1 aromatic rings. The third kappa shape index (κ3) is 5.53. The van der Waals surface area contributed by atoms with Crippen LogP contribution in [0, 0.1) is 0 Å². The molecule has 3 heterocycles. The molecule has 3 N–H and O–H groups in total. The molecule has 4 atom stereocenters. The molecule has 1 aromatic heterocycles. The molecule has 0 bridgehead atoms. The Hall–Kier alpha value is -1.56. The highest BCUT2D eigenvalue weighted by Gasteiger charge is 2.67. The van der Waals surface area contributed by atoms with Gasteiger partial charge in [0.2, 0.25) is 0 Å². The van der Waals surface area contributed by atoms with Gasteiger partial charge in [-0.15, -0.1) is 0 Å². The van der Waals surface area contributed by atoms with Crippen LogP contribution in [0.5, 0.6) is 0 Å². The van der Waals surface area contributed by atoms with Crippen molar-refractivity contribution in [2.75, 3.05) is 19.0 Å². The molecule has 14 heteroatoms. The summed E-state index contributed by atoms with van der Waals surface area (Å²) in [5.74, 6) is 0.387. The molecule has 1 spiro atoms. The van der Waals surface area contributed by atoms with Gasteiger partial charge < -0.3 is 24.6 Å². The summed E-state index contributed by atoms with van der Waals surface area (Å²) < 4.78 is 52.5. The average molecular weight is 589 g/mol. The lowest BCUT2D eigenvalue weighted by molar-refractivity contribution is -0.0562. The molecule has 0 saturated carbocycles. The van der Waals surface area contributed by atoms with E-state index < -0.39 is 56.5 Å². The first-order chi connectivity index (χ1) is 17.1. The quantitative estimate of drug-likeness (QED) is 0.359. The number of aromatic nitrogens is 2. The van der Waals surface area contributed by atoms with Crippen LogP contribution in [0.15, 0.2) is 28.2 Å². The molecule has 216 valence electrons. The number of nitrogens with two attached hydrogens (primary N) is 1. The van der Waals surface area contributed by atoms with Gasteiger partial charge >= 0.3 is 5.69 Å². The molecular formula is C24H44N4O7SSi2. The monoisotopic (exact) mass is 588 g/mol. The van der Waals surface area contributed by atoms with E-state index in [1.165, 1.54) is 4.57 Å². The van der Waals surface area contributed by atoms with E-state index in [2.05, 4.69) is 64.9 Å². The Morgan fingerprint density at radius 3 is 2.16 bits per heavy atom. The molecular weight excluding hydrogens is 545 g/mol. The molecule has 4 unspecified atom stereocenters. The Bertz CT molecular complexity index is 1250. The summed E-state index contributed by atoms with van der Waals surface area (Å²) >= 11 is 0. The number of nitrogens with one attached hydrogen (secondary N) is 1. The first-order valence-corrected chi connectivity index (χ1v) is 20.0. The lowest BCUT2D eigenvalue weighted by Gasteiger charge is -2.43. The van der Waals surface area contributed by atoms with Crippen LogP contribution in [-0.4, -0.2) is 66.1 Å². The fourth-order valence-corrected chi connectivity index (χ4v) is 7.47. The van der Waals surface area contributed by atoms with E-state index in [4.69, 9.17) is 23.5 Å². The van der Waals surface area contributed by atoms with Crippen molar-refractivity contribution in [1.82, 2.24) is 9.55 Å². The molecule has 2 aliphatic heterocycles. The second-order valence-electron chi connectivity index (χ2n) is 13.1. The first kappa shape index (κ1) is 31.0. The van der Waals surface area contributed by atoms with Crippen LogP contribution in [0.2, 0.25) is 36.3 Å². The average Bonchev–Trinajstić information content (AvgIpc) is 3.17. The number of hydrogen-bond acceptors (Lipinski definition) is 10. The third-order valence-electron chi connectivity index (χ3n) is 8.43. The Kier molecular flexibility index (Phi) is 8.00. The molecule has 0 amide bonds. The minimum Gasteiger partial charge on any atom is -0.414 e. The highest BCUT2D eigenvalue weighted by atomic mass is 32.2. The normalized spacial score (nSPS) is 28.1. The largest absolute Gasteiger partial charge is 0.414 e. The molecule has 2 aliphatic rings. The van der Waals surface area contributed by atoms with E-state index >= 15 is 0 Å². The molecule has 1 saturated heterocycles. The van der Waals surface area contributed by atoms with E-state index in [9.17, 15) is 13.2 Å². The summed E-state index contributed by atoms with van der Waals surface area (Å²) in [5.41, 5.74) is 4.11. The lowest BCUT2D eigenvalue weighted by atomic mass is 9.89. The van der Waals surface area contributed by atoms with Crippen molar-refractivity contribution in [2.45, 2.75) is 102 Å². The van der Waals surface area contributed by atoms with E-state index in [1.807, 2.05) is 13.1 Å². The van der Waals surface area contributed by atoms with Crippen molar-refractivity contribution in [1.29, 1.82) is 0 Å². The van der Waals surface area contributed by atoms with Gasteiger partial charge in [0, 0.05) is 13.2 Å². The molecule has 0 radical (unpaired) electrons. The maximum absolute atomic E-state index is 13.1. The topological polar surface area (TPSA) is 144 Å². The smallest absolute Gasteiger partial charge is 0.351 e. The Morgan fingerprint density at radius 2 is 1.71 bits per heavy atom. The van der Waals surface area contributed by atoms with Crippen molar-refractivity contribution < 1.29 is 26.2 Å². The lowest BCUT2D eigenvalue weighted by Crippen LogP contribution is -2.59. The van der Waals surface area contributed by atoms with Crippen LogP contribution in [0.4, 0.5) is 5.82 Å². The minimum atomic E-state index is -4.14. The maximum atomic E-state index is 13.1. The molecule has 3 rings (SSSR count). The Balaban J connectivity index is 2.20. The number of hydrogen-bond donors (Lipinski definition) is 2. The predicted octanol–water partition coefficient (Wildman–Crippen LogP) is 3.49. The van der Waals surface area contributed by atoms with Gasteiger partial charge in [0.25, 0.3) is 10.1 Å². The molecule has 0 aliphatic carbocycles. The second-order valence-corrected chi connectivity index (χ2v) is 24.0. The molecule has 11 nitrogen and oxygen atoms in total. The highest BCUT2D eigenvalue weighted by Crippen LogP contribution is 2.52.